The smallest absolute Gasteiger partial charge is 0.283 e. The van der Waals surface area contributed by atoms with E-state index in [4.69, 9.17) is 4.74 Å². The van der Waals surface area contributed by atoms with Crippen LogP contribution < -0.4 is 0 Å². The molecule has 1 aliphatic heterocycles. The van der Waals surface area contributed by atoms with Crippen LogP contribution in [0.5, 0.6) is 0 Å². The van der Waals surface area contributed by atoms with E-state index in [2.05, 4.69) is 6.58 Å². The number of thiophene rings is 1. The molecule has 0 aliphatic carbocycles. The van der Waals surface area contributed by atoms with Gasteiger partial charge in [0.2, 0.25) is 0 Å². The van der Waals surface area contributed by atoms with Crippen molar-refractivity contribution in [2.24, 2.45) is 0 Å². The Bertz CT molecular complexity index is 557. The lowest BCUT2D eigenvalue weighted by Crippen LogP contribution is -2.54. The normalized spacial score (nSPS) is 24.3. The highest BCUT2D eigenvalue weighted by Crippen LogP contribution is 2.22. The van der Waals surface area contributed by atoms with Gasteiger partial charge in [-0.15, -0.1) is 17.9 Å². The van der Waals surface area contributed by atoms with E-state index in [0.717, 1.165) is 4.88 Å². The lowest BCUT2D eigenvalue weighted by atomic mass is 10.2. The van der Waals surface area contributed by atoms with Crippen molar-refractivity contribution in [3.8, 4) is 0 Å². The molecular formula is C14H22N2O3S2. The van der Waals surface area contributed by atoms with E-state index >= 15 is 0 Å². The van der Waals surface area contributed by atoms with Gasteiger partial charge in [0.05, 0.1) is 12.7 Å². The Labute approximate surface area is 131 Å². The van der Waals surface area contributed by atoms with Gasteiger partial charge in [0.25, 0.3) is 10.2 Å². The summed E-state index contributed by atoms with van der Waals surface area (Å²) >= 11 is 1.56. The Morgan fingerprint density at radius 2 is 2.33 bits per heavy atom. The summed E-state index contributed by atoms with van der Waals surface area (Å²) in [7, 11) is -3.52. The summed E-state index contributed by atoms with van der Waals surface area (Å²) in [5.41, 5.74) is 0. The van der Waals surface area contributed by atoms with Gasteiger partial charge in [-0.25, -0.2) is 0 Å². The van der Waals surface area contributed by atoms with Crippen LogP contribution in [0.4, 0.5) is 0 Å². The molecule has 7 heteroatoms. The fourth-order valence-corrected chi connectivity index (χ4v) is 4.91. The zero-order chi connectivity index (χ0) is 15.5. The second kappa shape index (κ2) is 7.02. The maximum absolute atomic E-state index is 12.9. The molecule has 2 heterocycles. The number of rotatable bonds is 6. The van der Waals surface area contributed by atoms with Gasteiger partial charge in [0.15, 0.2) is 0 Å². The average Bonchev–Trinajstić information content (AvgIpc) is 2.94. The van der Waals surface area contributed by atoms with E-state index in [9.17, 15) is 8.42 Å². The molecule has 1 fully saturated rings. The predicted octanol–water partition coefficient (Wildman–Crippen LogP) is 2.09. The van der Waals surface area contributed by atoms with Gasteiger partial charge in [0.1, 0.15) is 0 Å². The molecule has 0 bridgehead atoms. The fourth-order valence-electron chi connectivity index (χ4n) is 2.30. The first kappa shape index (κ1) is 16.6. The zero-order valence-electron chi connectivity index (χ0n) is 12.4. The molecule has 2 atom stereocenters. The van der Waals surface area contributed by atoms with Crippen molar-refractivity contribution in [1.82, 2.24) is 8.61 Å². The van der Waals surface area contributed by atoms with Crippen LogP contribution in [-0.4, -0.2) is 48.9 Å². The highest BCUT2D eigenvalue weighted by atomic mass is 32.2. The lowest BCUT2D eigenvalue weighted by Gasteiger charge is -2.38. The van der Waals surface area contributed by atoms with E-state index in [0.29, 0.717) is 26.2 Å². The summed E-state index contributed by atoms with van der Waals surface area (Å²) in [4.78, 5) is 1.02. The average molecular weight is 330 g/mol. The topological polar surface area (TPSA) is 49.9 Å². The maximum Gasteiger partial charge on any atom is 0.283 e. The Morgan fingerprint density at radius 3 is 2.95 bits per heavy atom. The SMILES string of the molecule is C=CCN(Cc1cccs1)S(=O)(=O)N1C[C@@H](C)OC[C@H]1C. The number of hydrogen-bond donors (Lipinski definition) is 0. The van der Waals surface area contributed by atoms with Crippen LogP contribution in [0.25, 0.3) is 0 Å². The lowest BCUT2D eigenvalue weighted by molar-refractivity contribution is -0.0190. The van der Waals surface area contributed by atoms with Crippen LogP contribution in [0.15, 0.2) is 30.2 Å². The van der Waals surface area contributed by atoms with Crippen molar-refractivity contribution < 1.29 is 13.2 Å². The molecule has 1 aromatic rings. The van der Waals surface area contributed by atoms with Crippen molar-refractivity contribution in [1.29, 1.82) is 0 Å². The van der Waals surface area contributed by atoms with Crippen LogP contribution in [0.2, 0.25) is 0 Å². The minimum Gasteiger partial charge on any atom is -0.375 e. The number of morpholine rings is 1. The molecule has 5 nitrogen and oxygen atoms in total. The van der Waals surface area contributed by atoms with Gasteiger partial charge < -0.3 is 4.74 Å². The molecule has 0 amide bonds. The third kappa shape index (κ3) is 3.92. The second-order valence-corrected chi connectivity index (χ2v) is 8.14. The Balaban J connectivity index is 2.21. The molecule has 21 heavy (non-hydrogen) atoms. The zero-order valence-corrected chi connectivity index (χ0v) is 14.1. The summed E-state index contributed by atoms with van der Waals surface area (Å²) in [5.74, 6) is 0. The highest BCUT2D eigenvalue weighted by molar-refractivity contribution is 7.86. The van der Waals surface area contributed by atoms with Crippen LogP contribution in [0.3, 0.4) is 0 Å². The van der Waals surface area contributed by atoms with Crippen LogP contribution in [-0.2, 0) is 21.5 Å². The first-order chi connectivity index (χ1) is 9.95. The molecule has 118 valence electrons. The van der Waals surface area contributed by atoms with Crippen molar-refractivity contribution in [2.45, 2.75) is 32.5 Å². The molecule has 0 aromatic carbocycles. The van der Waals surface area contributed by atoms with Crippen molar-refractivity contribution >= 4 is 21.5 Å². The van der Waals surface area contributed by atoms with Gasteiger partial charge in [-0.2, -0.15) is 17.0 Å². The van der Waals surface area contributed by atoms with Crippen LogP contribution >= 0.6 is 11.3 Å². The largest absolute Gasteiger partial charge is 0.375 e. The number of hydrogen-bond acceptors (Lipinski definition) is 4. The highest BCUT2D eigenvalue weighted by Gasteiger charge is 2.36. The molecule has 1 aliphatic rings. The maximum atomic E-state index is 12.9. The number of nitrogens with zero attached hydrogens (tertiary/aromatic N) is 2. The van der Waals surface area contributed by atoms with E-state index in [1.54, 1.807) is 17.4 Å². The molecule has 2 rings (SSSR count). The van der Waals surface area contributed by atoms with Crippen molar-refractivity contribution in [3.05, 3.63) is 35.0 Å². The molecule has 0 N–H and O–H groups in total. The first-order valence-corrected chi connectivity index (χ1v) is 9.24. The summed E-state index contributed by atoms with van der Waals surface area (Å²) in [5, 5.41) is 1.95. The van der Waals surface area contributed by atoms with Crippen LogP contribution in [0, 0.1) is 0 Å². The van der Waals surface area contributed by atoms with E-state index in [-0.39, 0.29) is 12.1 Å². The van der Waals surface area contributed by atoms with Gasteiger partial charge in [-0.3, -0.25) is 0 Å². The van der Waals surface area contributed by atoms with E-state index < -0.39 is 10.2 Å². The Hall–Kier alpha value is -0.730. The summed E-state index contributed by atoms with van der Waals surface area (Å²) in [6.45, 7) is 8.95. The van der Waals surface area contributed by atoms with Crippen molar-refractivity contribution in [3.63, 3.8) is 0 Å². The molecule has 0 spiro atoms. The molecule has 0 unspecified atom stereocenters. The fraction of sp³-hybridized carbons (Fsp3) is 0.571. The number of ether oxygens (including phenoxy) is 1. The molecule has 0 radical (unpaired) electrons. The Kier molecular flexibility index (Phi) is 5.56. The third-order valence-electron chi connectivity index (χ3n) is 3.42. The van der Waals surface area contributed by atoms with Gasteiger partial charge in [-0.1, -0.05) is 12.1 Å². The molecule has 1 saturated heterocycles. The standard InChI is InChI=1S/C14H22N2O3S2/c1-4-7-15(10-14-6-5-8-20-14)21(17,18)16-9-13(3)19-11-12(16)2/h4-6,8,12-13H,1,7,9-11H2,2-3H3/t12-,13-/m1/s1. The van der Waals surface area contributed by atoms with Gasteiger partial charge in [-0.05, 0) is 25.3 Å². The summed E-state index contributed by atoms with van der Waals surface area (Å²) in [6, 6.07) is 3.72. The summed E-state index contributed by atoms with van der Waals surface area (Å²) < 4.78 is 34.4. The monoisotopic (exact) mass is 330 g/mol. The minimum atomic E-state index is -3.52. The minimum absolute atomic E-state index is 0.0803. The Morgan fingerprint density at radius 1 is 1.57 bits per heavy atom. The molecule has 1 aromatic heterocycles. The summed E-state index contributed by atoms with van der Waals surface area (Å²) in [6.07, 6.45) is 1.54. The van der Waals surface area contributed by atoms with Crippen LogP contribution in [0.1, 0.15) is 18.7 Å². The van der Waals surface area contributed by atoms with Gasteiger partial charge in [0, 0.05) is 30.6 Å². The van der Waals surface area contributed by atoms with Gasteiger partial charge >= 0.3 is 0 Å². The molecular weight excluding hydrogens is 308 g/mol. The van der Waals surface area contributed by atoms with E-state index in [1.807, 2.05) is 31.4 Å². The van der Waals surface area contributed by atoms with E-state index in [1.165, 1.54) is 8.61 Å². The predicted molar refractivity (Wildman–Crippen MR) is 85.4 cm³/mol. The second-order valence-electron chi connectivity index (χ2n) is 5.23. The quantitative estimate of drug-likeness (QED) is 0.751. The third-order valence-corrected chi connectivity index (χ3v) is 6.31. The van der Waals surface area contributed by atoms with Crippen molar-refractivity contribution in [2.75, 3.05) is 19.7 Å². The first-order valence-electron chi connectivity index (χ1n) is 6.97. The molecule has 0 saturated carbocycles.